The van der Waals surface area contributed by atoms with Gasteiger partial charge >= 0.3 is 0 Å². The van der Waals surface area contributed by atoms with Gasteiger partial charge < -0.3 is 10.6 Å². The number of benzene rings is 1. The number of amides is 1. The van der Waals surface area contributed by atoms with Crippen LogP contribution in [-0.2, 0) is 0 Å². The summed E-state index contributed by atoms with van der Waals surface area (Å²) in [4.78, 5) is 12.0. The molecule has 2 N–H and O–H groups in total. The third-order valence-corrected chi connectivity index (χ3v) is 3.46. The molecule has 0 radical (unpaired) electrons. The number of nitrogens with one attached hydrogen (secondary N) is 2. The molecule has 6 heteroatoms. The van der Waals surface area contributed by atoms with E-state index in [9.17, 15) is 9.18 Å². The number of carbonyl (C=O) groups is 1. The van der Waals surface area contributed by atoms with Gasteiger partial charge in [-0.2, -0.15) is 0 Å². The Morgan fingerprint density at radius 1 is 1.50 bits per heavy atom. The number of piperidine rings is 1. The second-order valence-corrected chi connectivity index (χ2v) is 5.00. The minimum Gasteiger partial charge on any atom is -0.348 e. The third kappa shape index (κ3) is 3.93. The van der Waals surface area contributed by atoms with E-state index in [2.05, 4.69) is 26.6 Å². The topological polar surface area (TPSA) is 41.1 Å². The van der Waals surface area contributed by atoms with Gasteiger partial charge in [0.25, 0.3) is 5.91 Å². The van der Waals surface area contributed by atoms with Gasteiger partial charge in [-0.15, -0.1) is 12.4 Å². The smallest absolute Gasteiger partial charge is 0.252 e. The lowest BCUT2D eigenvalue weighted by molar-refractivity contribution is 0.0930. The molecule has 1 aromatic rings. The molecule has 0 unspecified atom stereocenters. The highest BCUT2D eigenvalue weighted by Gasteiger charge is 2.17. The Kier molecular flexibility index (Phi) is 6.05. The third-order valence-electron chi connectivity index (χ3n) is 2.81. The van der Waals surface area contributed by atoms with Crippen LogP contribution in [0.3, 0.4) is 0 Å². The van der Waals surface area contributed by atoms with Crippen molar-refractivity contribution >= 4 is 34.2 Å². The number of carbonyl (C=O) groups excluding carboxylic acids is 1. The van der Waals surface area contributed by atoms with E-state index in [0.717, 1.165) is 25.9 Å². The van der Waals surface area contributed by atoms with E-state index in [1.807, 2.05) is 0 Å². The van der Waals surface area contributed by atoms with Crippen LogP contribution in [0.25, 0.3) is 0 Å². The van der Waals surface area contributed by atoms with Crippen molar-refractivity contribution in [1.29, 1.82) is 0 Å². The van der Waals surface area contributed by atoms with Gasteiger partial charge in [0.05, 0.1) is 5.56 Å². The first-order valence-electron chi connectivity index (χ1n) is 5.63. The van der Waals surface area contributed by atoms with Gasteiger partial charge in [-0.3, -0.25) is 4.79 Å². The van der Waals surface area contributed by atoms with Crippen LogP contribution in [0, 0.1) is 5.82 Å². The van der Waals surface area contributed by atoms with Gasteiger partial charge in [-0.25, -0.2) is 4.39 Å². The summed E-state index contributed by atoms with van der Waals surface area (Å²) in [6, 6.07) is 4.24. The van der Waals surface area contributed by atoms with E-state index in [4.69, 9.17) is 0 Å². The highest BCUT2D eigenvalue weighted by molar-refractivity contribution is 9.10. The van der Waals surface area contributed by atoms with Crippen LogP contribution >= 0.6 is 28.3 Å². The molecule has 1 atom stereocenters. The fourth-order valence-electron chi connectivity index (χ4n) is 1.91. The van der Waals surface area contributed by atoms with Crippen LogP contribution < -0.4 is 10.6 Å². The molecule has 0 spiro atoms. The van der Waals surface area contributed by atoms with Crippen LogP contribution in [0.15, 0.2) is 22.7 Å². The Bertz CT molecular complexity index is 425. The average molecular weight is 338 g/mol. The van der Waals surface area contributed by atoms with E-state index in [1.165, 1.54) is 18.2 Å². The van der Waals surface area contributed by atoms with Gasteiger partial charge in [-0.1, -0.05) is 0 Å². The monoisotopic (exact) mass is 336 g/mol. The van der Waals surface area contributed by atoms with Crippen molar-refractivity contribution in [2.75, 3.05) is 13.1 Å². The number of hydrogen-bond acceptors (Lipinski definition) is 2. The molecule has 18 heavy (non-hydrogen) atoms. The Morgan fingerprint density at radius 3 is 2.89 bits per heavy atom. The normalized spacial score (nSPS) is 18.9. The zero-order valence-corrected chi connectivity index (χ0v) is 12.1. The van der Waals surface area contributed by atoms with Gasteiger partial charge in [0.15, 0.2) is 0 Å². The van der Waals surface area contributed by atoms with Crippen molar-refractivity contribution in [3.63, 3.8) is 0 Å². The zero-order valence-electron chi connectivity index (χ0n) is 9.71. The summed E-state index contributed by atoms with van der Waals surface area (Å²) in [6.45, 7) is 1.80. The van der Waals surface area contributed by atoms with Crippen LogP contribution in [0.5, 0.6) is 0 Å². The summed E-state index contributed by atoms with van der Waals surface area (Å²) in [6.07, 6.45) is 2.05. The number of halogens is 3. The molecule has 1 amide bonds. The zero-order chi connectivity index (χ0) is 12.3. The first-order chi connectivity index (χ1) is 8.16. The van der Waals surface area contributed by atoms with Crippen LogP contribution in [0.2, 0.25) is 0 Å². The highest BCUT2D eigenvalue weighted by Crippen LogP contribution is 2.18. The summed E-state index contributed by atoms with van der Waals surface area (Å²) in [7, 11) is 0. The van der Waals surface area contributed by atoms with Crippen LogP contribution in [-0.4, -0.2) is 25.0 Å². The summed E-state index contributed by atoms with van der Waals surface area (Å²) in [5, 5.41) is 6.17. The molecule has 1 heterocycles. The highest BCUT2D eigenvalue weighted by atomic mass is 79.9. The first kappa shape index (κ1) is 15.4. The van der Waals surface area contributed by atoms with Gasteiger partial charge in [0.1, 0.15) is 5.82 Å². The lowest BCUT2D eigenvalue weighted by Gasteiger charge is -2.24. The standard InChI is InChI=1S/C12H14BrFN2O.ClH/c13-11-6-8(14)3-4-10(11)12(17)16-9-2-1-5-15-7-9;/h3-4,6,9,15H,1-2,5,7H2,(H,16,17);1H/t9-;/m1./s1. The van der Waals surface area contributed by atoms with E-state index < -0.39 is 0 Å². The Balaban J connectivity index is 0.00000162. The maximum Gasteiger partial charge on any atom is 0.252 e. The Morgan fingerprint density at radius 2 is 2.28 bits per heavy atom. The molecule has 1 aliphatic rings. The second-order valence-electron chi connectivity index (χ2n) is 4.14. The van der Waals surface area contributed by atoms with E-state index in [-0.39, 0.29) is 30.2 Å². The molecule has 1 aromatic carbocycles. The predicted molar refractivity (Wildman–Crippen MR) is 74.7 cm³/mol. The molecule has 2 rings (SSSR count). The predicted octanol–water partition coefficient (Wildman–Crippen LogP) is 2.49. The summed E-state index contributed by atoms with van der Waals surface area (Å²) in [5.74, 6) is -0.515. The van der Waals surface area contributed by atoms with Crippen molar-refractivity contribution in [1.82, 2.24) is 10.6 Å². The molecule has 100 valence electrons. The molecule has 3 nitrogen and oxygen atoms in total. The molecule has 0 saturated carbocycles. The second kappa shape index (κ2) is 7.07. The molecular formula is C12H15BrClFN2O. The molecule has 1 saturated heterocycles. The summed E-state index contributed by atoms with van der Waals surface area (Å²) in [5.41, 5.74) is 0.469. The van der Waals surface area contributed by atoms with E-state index in [1.54, 1.807) is 0 Å². The Hall–Kier alpha value is -0.650. The summed E-state index contributed by atoms with van der Waals surface area (Å²) >= 11 is 3.20. The average Bonchev–Trinajstić information content (AvgIpc) is 2.30. The lowest BCUT2D eigenvalue weighted by Crippen LogP contribution is -2.45. The maximum atomic E-state index is 12.9. The molecular weight excluding hydrogens is 322 g/mol. The minimum atomic E-state index is -0.354. The van der Waals surface area contributed by atoms with Gasteiger partial charge in [0, 0.05) is 17.1 Å². The maximum absolute atomic E-state index is 12.9. The fourth-order valence-corrected chi connectivity index (χ4v) is 2.44. The van der Waals surface area contributed by atoms with Gasteiger partial charge in [-0.05, 0) is 53.5 Å². The quantitative estimate of drug-likeness (QED) is 0.870. The van der Waals surface area contributed by atoms with Gasteiger partial charge in [0.2, 0.25) is 0 Å². The largest absolute Gasteiger partial charge is 0.348 e. The Labute approximate surface area is 120 Å². The molecule has 1 fully saturated rings. The van der Waals surface area contributed by atoms with Crippen molar-refractivity contribution in [3.8, 4) is 0 Å². The molecule has 0 bridgehead atoms. The molecule has 0 aliphatic carbocycles. The van der Waals surface area contributed by atoms with Crippen molar-refractivity contribution in [2.45, 2.75) is 18.9 Å². The molecule has 0 aromatic heterocycles. The SMILES string of the molecule is Cl.O=C(N[C@@H]1CCCNC1)c1ccc(F)cc1Br. The van der Waals surface area contributed by atoms with Crippen molar-refractivity contribution in [3.05, 3.63) is 34.1 Å². The number of hydrogen-bond donors (Lipinski definition) is 2. The van der Waals surface area contributed by atoms with Crippen LogP contribution in [0.4, 0.5) is 4.39 Å². The minimum absolute atomic E-state index is 0. The fraction of sp³-hybridized carbons (Fsp3) is 0.417. The van der Waals surface area contributed by atoms with Crippen molar-refractivity contribution < 1.29 is 9.18 Å². The molecule has 1 aliphatic heterocycles. The van der Waals surface area contributed by atoms with Crippen molar-refractivity contribution in [2.24, 2.45) is 0 Å². The van der Waals surface area contributed by atoms with E-state index in [0.29, 0.717) is 10.0 Å². The summed E-state index contributed by atoms with van der Waals surface area (Å²) < 4.78 is 13.4. The number of rotatable bonds is 2. The van der Waals surface area contributed by atoms with E-state index >= 15 is 0 Å². The lowest BCUT2D eigenvalue weighted by atomic mass is 10.1. The van der Waals surface area contributed by atoms with Crippen LogP contribution in [0.1, 0.15) is 23.2 Å². The first-order valence-corrected chi connectivity index (χ1v) is 6.43.